The molecule has 1 amide bonds. The third kappa shape index (κ3) is 2.61. The van der Waals surface area contributed by atoms with Crippen molar-refractivity contribution in [3.8, 4) is 0 Å². The molecule has 0 aromatic carbocycles. The number of hydrogen-bond acceptors (Lipinski definition) is 5. The van der Waals surface area contributed by atoms with Gasteiger partial charge in [-0.25, -0.2) is 4.98 Å². The number of fused-ring (bicyclic) bond motifs is 1. The maximum Gasteiger partial charge on any atom is 0.241 e. The molecule has 0 unspecified atom stereocenters. The SMILES string of the molecule is Cc1cn2c(CN3CCN(c4cnn(C)c4)C(=O)C3)c(C)nc2s1. The highest BCUT2D eigenvalue weighted by molar-refractivity contribution is 7.17. The van der Waals surface area contributed by atoms with E-state index in [1.807, 2.05) is 25.1 Å². The number of thiazole rings is 1. The summed E-state index contributed by atoms with van der Waals surface area (Å²) in [7, 11) is 1.86. The minimum Gasteiger partial charge on any atom is -0.307 e. The van der Waals surface area contributed by atoms with Crippen molar-refractivity contribution in [3.63, 3.8) is 0 Å². The average Bonchev–Trinajstić information content (AvgIpc) is 3.17. The second-order valence-electron chi connectivity index (χ2n) is 6.27. The Hall–Kier alpha value is -2.19. The van der Waals surface area contributed by atoms with Crippen molar-refractivity contribution in [3.05, 3.63) is 34.9 Å². The molecule has 8 heteroatoms. The zero-order chi connectivity index (χ0) is 16.8. The van der Waals surface area contributed by atoms with Gasteiger partial charge in [-0.2, -0.15) is 5.10 Å². The number of amides is 1. The Labute approximate surface area is 144 Å². The molecule has 0 radical (unpaired) electrons. The molecule has 0 aliphatic carbocycles. The van der Waals surface area contributed by atoms with Crippen LogP contribution in [-0.4, -0.2) is 49.6 Å². The van der Waals surface area contributed by atoms with Crippen molar-refractivity contribution in [1.82, 2.24) is 24.1 Å². The second kappa shape index (κ2) is 5.71. The first-order valence-corrected chi connectivity index (χ1v) is 8.78. The lowest BCUT2D eigenvalue weighted by Gasteiger charge is -2.33. The van der Waals surface area contributed by atoms with Gasteiger partial charge in [-0.3, -0.25) is 18.8 Å². The summed E-state index contributed by atoms with van der Waals surface area (Å²) in [6.45, 7) is 6.83. The van der Waals surface area contributed by atoms with Crippen LogP contribution in [0.3, 0.4) is 0 Å². The van der Waals surface area contributed by atoms with Crippen LogP contribution in [0.15, 0.2) is 18.6 Å². The van der Waals surface area contributed by atoms with Crippen molar-refractivity contribution in [1.29, 1.82) is 0 Å². The molecule has 24 heavy (non-hydrogen) atoms. The monoisotopic (exact) mass is 344 g/mol. The fourth-order valence-electron chi connectivity index (χ4n) is 3.19. The summed E-state index contributed by atoms with van der Waals surface area (Å²) < 4.78 is 3.88. The summed E-state index contributed by atoms with van der Waals surface area (Å²) in [4.78, 5) is 23.4. The van der Waals surface area contributed by atoms with Gasteiger partial charge in [0.2, 0.25) is 5.91 Å². The van der Waals surface area contributed by atoms with Crippen molar-refractivity contribution >= 4 is 27.9 Å². The van der Waals surface area contributed by atoms with Crippen molar-refractivity contribution < 1.29 is 4.79 Å². The lowest BCUT2D eigenvalue weighted by molar-refractivity contribution is -0.121. The average molecular weight is 344 g/mol. The Balaban J connectivity index is 1.50. The fraction of sp³-hybridized carbons (Fsp3) is 0.438. The molecule has 0 atom stereocenters. The summed E-state index contributed by atoms with van der Waals surface area (Å²) in [5, 5.41) is 4.15. The molecule has 0 bridgehead atoms. The largest absolute Gasteiger partial charge is 0.307 e. The van der Waals surface area contributed by atoms with E-state index in [9.17, 15) is 4.79 Å². The summed E-state index contributed by atoms with van der Waals surface area (Å²) in [6, 6.07) is 0. The van der Waals surface area contributed by atoms with Crippen LogP contribution in [0.2, 0.25) is 0 Å². The highest BCUT2D eigenvalue weighted by Crippen LogP contribution is 2.23. The number of rotatable bonds is 3. The maximum absolute atomic E-state index is 12.5. The number of aromatic nitrogens is 4. The number of anilines is 1. The molecule has 1 aliphatic rings. The smallest absolute Gasteiger partial charge is 0.241 e. The molecule has 126 valence electrons. The molecule has 0 saturated carbocycles. The second-order valence-corrected chi connectivity index (χ2v) is 7.48. The molecule has 1 aliphatic heterocycles. The zero-order valence-corrected chi connectivity index (χ0v) is 14.9. The topological polar surface area (TPSA) is 58.7 Å². The van der Waals surface area contributed by atoms with Gasteiger partial charge < -0.3 is 4.90 Å². The predicted molar refractivity (Wildman–Crippen MR) is 93.4 cm³/mol. The molecule has 4 rings (SSSR count). The predicted octanol–water partition coefficient (Wildman–Crippen LogP) is 1.59. The third-order valence-electron chi connectivity index (χ3n) is 4.42. The van der Waals surface area contributed by atoms with Gasteiger partial charge >= 0.3 is 0 Å². The van der Waals surface area contributed by atoms with Crippen LogP contribution in [0.4, 0.5) is 5.69 Å². The summed E-state index contributed by atoms with van der Waals surface area (Å²) in [5.74, 6) is 0.120. The zero-order valence-electron chi connectivity index (χ0n) is 14.1. The molecular weight excluding hydrogens is 324 g/mol. The lowest BCUT2D eigenvalue weighted by atomic mass is 10.2. The van der Waals surface area contributed by atoms with E-state index < -0.39 is 0 Å². The van der Waals surface area contributed by atoms with E-state index in [4.69, 9.17) is 0 Å². The van der Waals surface area contributed by atoms with E-state index in [1.165, 1.54) is 10.6 Å². The number of piperazine rings is 1. The van der Waals surface area contributed by atoms with Gasteiger partial charge in [-0.1, -0.05) is 0 Å². The molecule has 1 saturated heterocycles. The Morgan fingerprint density at radius 1 is 1.25 bits per heavy atom. The molecular formula is C16H20N6OS. The number of hydrogen-bond donors (Lipinski definition) is 0. The number of carbonyl (C=O) groups is 1. The Bertz CT molecular complexity index is 907. The highest BCUT2D eigenvalue weighted by atomic mass is 32.1. The maximum atomic E-state index is 12.5. The van der Waals surface area contributed by atoms with Gasteiger partial charge in [0.15, 0.2) is 4.96 Å². The van der Waals surface area contributed by atoms with Crippen LogP contribution in [0.1, 0.15) is 16.3 Å². The normalized spacial score (nSPS) is 16.5. The number of carbonyl (C=O) groups excluding carboxylic acids is 1. The highest BCUT2D eigenvalue weighted by Gasteiger charge is 2.27. The van der Waals surface area contributed by atoms with E-state index in [0.29, 0.717) is 13.1 Å². The van der Waals surface area contributed by atoms with Gasteiger partial charge in [0.25, 0.3) is 0 Å². The van der Waals surface area contributed by atoms with E-state index in [-0.39, 0.29) is 5.91 Å². The van der Waals surface area contributed by atoms with Gasteiger partial charge in [0, 0.05) is 44.0 Å². The lowest BCUT2D eigenvalue weighted by Crippen LogP contribution is -2.50. The minimum absolute atomic E-state index is 0.120. The van der Waals surface area contributed by atoms with E-state index in [1.54, 1.807) is 22.2 Å². The summed E-state index contributed by atoms with van der Waals surface area (Å²) in [5.41, 5.74) is 3.10. The van der Waals surface area contributed by atoms with E-state index in [0.717, 1.165) is 29.4 Å². The summed E-state index contributed by atoms with van der Waals surface area (Å²) in [6.07, 6.45) is 5.75. The van der Waals surface area contributed by atoms with E-state index in [2.05, 4.69) is 32.5 Å². The van der Waals surface area contributed by atoms with Crippen molar-refractivity contribution in [2.24, 2.45) is 7.05 Å². The quantitative estimate of drug-likeness (QED) is 0.724. The Kier molecular flexibility index (Phi) is 3.65. The summed E-state index contributed by atoms with van der Waals surface area (Å²) >= 11 is 1.70. The molecule has 4 heterocycles. The molecule has 7 nitrogen and oxygen atoms in total. The molecule has 3 aromatic heterocycles. The van der Waals surface area contributed by atoms with Crippen molar-refractivity contribution in [2.75, 3.05) is 24.5 Å². The number of imidazole rings is 1. The molecule has 0 spiro atoms. The fourth-order valence-corrected chi connectivity index (χ4v) is 4.08. The van der Waals surface area contributed by atoms with Crippen molar-refractivity contribution in [2.45, 2.75) is 20.4 Å². The Morgan fingerprint density at radius 3 is 2.79 bits per heavy atom. The first-order chi connectivity index (χ1) is 11.5. The first-order valence-electron chi connectivity index (χ1n) is 7.96. The molecule has 3 aromatic rings. The van der Waals surface area contributed by atoms with Crippen LogP contribution in [0.5, 0.6) is 0 Å². The number of nitrogens with zero attached hydrogens (tertiary/aromatic N) is 6. The van der Waals surface area contributed by atoms with Gasteiger partial charge in [-0.15, -0.1) is 11.3 Å². The first kappa shape index (κ1) is 15.3. The Morgan fingerprint density at radius 2 is 2.08 bits per heavy atom. The molecule has 0 N–H and O–H groups in total. The van der Waals surface area contributed by atoms with Crippen LogP contribution >= 0.6 is 11.3 Å². The van der Waals surface area contributed by atoms with Crippen LogP contribution in [-0.2, 0) is 18.4 Å². The van der Waals surface area contributed by atoms with Crippen LogP contribution in [0.25, 0.3) is 4.96 Å². The third-order valence-corrected chi connectivity index (χ3v) is 5.32. The minimum atomic E-state index is 0.120. The van der Waals surface area contributed by atoms with Crippen LogP contribution in [0, 0.1) is 13.8 Å². The standard InChI is InChI=1S/C16H20N6OS/c1-11-7-22-14(12(2)18-16(22)24-11)9-20-4-5-21(15(23)10-20)13-6-17-19(3)8-13/h6-8H,4-5,9-10H2,1-3H3. The number of aryl methyl sites for hydroxylation is 3. The van der Waals surface area contributed by atoms with Crippen LogP contribution < -0.4 is 4.90 Å². The van der Waals surface area contributed by atoms with Gasteiger partial charge in [0.1, 0.15) is 0 Å². The van der Waals surface area contributed by atoms with Gasteiger partial charge in [0.05, 0.1) is 29.8 Å². The molecule has 1 fully saturated rings. The van der Waals surface area contributed by atoms with E-state index >= 15 is 0 Å². The van der Waals surface area contributed by atoms with Gasteiger partial charge in [-0.05, 0) is 13.8 Å².